The first-order chi connectivity index (χ1) is 9.86. The van der Waals surface area contributed by atoms with Crippen LogP contribution in [0.5, 0.6) is 0 Å². The molecule has 2 heterocycles. The Balaban J connectivity index is 1.43. The van der Waals surface area contributed by atoms with E-state index in [1.54, 1.807) is 0 Å². The summed E-state index contributed by atoms with van der Waals surface area (Å²) >= 11 is 0. The molecule has 0 radical (unpaired) electrons. The highest BCUT2D eigenvalue weighted by atomic mass is 15.3. The Labute approximate surface area is 122 Å². The summed E-state index contributed by atoms with van der Waals surface area (Å²) in [7, 11) is 0. The highest BCUT2D eigenvalue weighted by Crippen LogP contribution is 2.30. The van der Waals surface area contributed by atoms with Gasteiger partial charge in [0.15, 0.2) is 0 Å². The Kier molecular flexibility index (Phi) is 4.71. The van der Waals surface area contributed by atoms with Crippen molar-refractivity contribution in [3.05, 3.63) is 11.6 Å². The summed E-state index contributed by atoms with van der Waals surface area (Å²) in [5, 5.41) is 12.3. The lowest BCUT2D eigenvalue weighted by molar-refractivity contribution is 0.261. The van der Waals surface area contributed by atoms with Gasteiger partial charge in [-0.2, -0.15) is 0 Å². The smallest absolute Gasteiger partial charge is 0.147 e. The number of nitrogens with zero attached hydrogens (tertiary/aromatic N) is 3. The fourth-order valence-corrected chi connectivity index (χ4v) is 3.73. The van der Waals surface area contributed by atoms with Crippen molar-refractivity contribution < 1.29 is 0 Å². The molecule has 1 aliphatic carbocycles. The molecule has 0 unspecified atom stereocenters. The minimum absolute atomic E-state index is 0.876. The average molecular weight is 276 g/mol. The molecule has 4 heteroatoms. The van der Waals surface area contributed by atoms with Gasteiger partial charge in [0.2, 0.25) is 0 Å². The van der Waals surface area contributed by atoms with Gasteiger partial charge in [0.05, 0.1) is 6.54 Å². The Morgan fingerprint density at radius 1 is 1.10 bits per heavy atom. The van der Waals surface area contributed by atoms with Crippen LogP contribution in [0.25, 0.3) is 0 Å². The highest BCUT2D eigenvalue weighted by Gasteiger charge is 2.20. The first kappa shape index (κ1) is 14.1. The van der Waals surface area contributed by atoms with E-state index in [2.05, 4.69) is 27.0 Å². The van der Waals surface area contributed by atoms with Crippen molar-refractivity contribution in [2.75, 3.05) is 6.54 Å². The van der Waals surface area contributed by atoms with E-state index in [1.807, 2.05) is 0 Å². The van der Waals surface area contributed by atoms with E-state index >= 15 is 0 Å². The summed E-state index contributed by atoms with van der Waals surface area (Å²) in [5.74, 6) is 4.20. The fraction of sp³-hybridized carbons (Fsp3) is 0.875. The third-order valence-corrected chi connectivity index (χ3v) is 5.20. The van der Waals surface area contributed by atoms with Crippen molar-refractivity contribution in [3.63, 3.8) is 0 Å². The van der Waals surface area contributed by atoms with Crippen LogP contribution in [0.15, 0.2) is 0 Å². The Hall–Kier alpha value is -0.900. The minimum Gasteiger partial charge on any atom is -0.314 e. The summed E-state index contributed by atoms with van der Waals surface area (Å²) in [4.78, 5) is 0. The molecule has 1 N–H and O–H groups in total. The van der Waals surface area contributed by atoms with E-state index in [-0.39, 0.29) is 0 Å². The second-order valence-electron chi connectivity index (χ2n) is 6.57. The molecule has 0 atom stereocenters. The number of nitrogens with one attached hydrogen (secondary N) is 1. The number of rotatable bonds is 5. The summed E-state index contributed by atoms with van der Waals surface area (Å²) in [5.41, 5.74) is 0. The van der Waals surface area contributed by atoms with Gasteiger partial charge in [-0.15, -0.1) is 10.2 Å². The van der Waals surface area contributed by atoms with E-state index in [9.17, 15) is 0 Å². The molecule has 0 bridgehead atoms. The van der Waals surface area contributed by atoms with Gasteiger partial charge < -0.3 is 9.88 Å². The molecule has 1 aliphatic heterocycles. The first-order valence-electron chi connectivity index (χ1n) is 8.48. The SMILES string of the molecule is CCC1CCC(CNCc2nnc3n2CCCC3)CC1. The van der Waals surface area contributed by atoms with Gasteiger partial charge in [0.25, 0.3) is 0 Å². The molecule has 20 heavy (non-hydrogen) atoms. The van der Waals surface area contributed by atoms with Gasteiger partial charge in [-0.05, 0) is 44.1 Å². The maximum atomic E-state index is 4.36. The predicted molar refractivity (Wildman–Crippen MR) is 80.4 cm³/mol. The van der Waals surface area contributed by atoms with Crippen LogP contribution in [0.4, 0.5) is 0 Å². The molecule has 4 nitrogen and oxygen atoms in total. The summed E-state index contributed by atoms with van der Waals surface area (Å²) in [6, 6.07) is 0. The van der Waals surface area contributed by atoms with Crippen molar-refractivity contribution in [3.8, 4) is 0 Å². The molecule has 1 aromatic rings. The summed E-state index contributed by atoms with van der Waals surface area (Å²) in [6.45, 7) is 5.48. The molecule has 3 rings (SSSR count). The number of fused-ring (bicyclic) bond motifs is 1. The van der Waals surface area contributed by atoms with Gasteiger partial charge in [-0.1, -0.05) is 26.2 Å². The number of aryl methyl sites for hydroxylation is 1. The fourth-order valence-electron chi connectivity index (χ4n) is 3.73. The normalized spacial score (nSPS) is 26.4. The highest BCUT2D eigenvalue weighted by molar-refractivity contribution is 4.98. The monoisotopic (exact) mass is 276 g/mol. The van der Waals surface area contributed by atoms with Crippen LogP contribution in [0, 0.1) is 11.8 Å². The lowest BCUT2D eigenvalue weighted by Crippen LogP contribution is -2.27. The van der Waals surface area contributed by atoms with E-state index in [1.165, 1.54) is 50.8 Å². The maximum absolute atomic E-state index is 4.36. The van der Waals surface area contributed by atoms with Gasteiger partial charge in [0.1, 0.15) is 11.6 Å². The van der Waals surface area contributed by atoms with E-state index in [0.717, 1.165) is 43.7 Å². The topological polar surface area (TPSA) is 42.7 Å². The average Bonchev–Trinajstić information content (AvgIpc) is 2.92. The predicted octanol–water partition coefficient (Wildman–Crippen LogP) is 2.92. The van der Waals surface area contributed by atoms with Crippen LogP contribution in [0.1, 0.15) is 63.5 Å². The van der Waals surface area contributed by atoms with Crippen molar-refractivity contribution in [1.29, 1.82) is 0 Å². The summed E-state index contributed by atoms with van der Waals surface area (Å²) < 4.78 is 2.32. The van der Waals surface area contributed by atoms with Crippen molar-refractivity contribution in [2.45, 2.75) is 71.4 Å². The third kappa shape index (κ3) is 3.22. The standard InChI is InChI=1S/C16H28N4/c1-2-13-6-8-14(9-7-13)11-17-12-16-19-18-15-5-3-4-10-20(15)16/h13-14,17H,2-12H2,1H3. The van der Waals surface area contributed by atoms with Crippen LogP contribution < -0.4 is 5.32 Å². The van der Waals surface area contributed by atoms with Gasteiger partial charge in [0, 0.05) is 13.0 Å². The van der Waals surface area contributed by atoms with Crippen LogP contribution in [-0.4, -0.2) is 21.3 Å². The zero-order valence-electron chi connectivity index (χ0n) is 12.8. The zero-order chi connectivity index (χ0) is 13.8. The van der Waals surface area contributed by atoms with Crippen LogP contribution in [0.2, 0.25) is 0 Å². The lowest BCUT2D eigenvalue weighted by Gasteiger charge is -2.27. The molecular formula is C16H28N4. The van der Waals surface area contributed by atoms with Gasteiger partial charge in [-0.25, -0.2) is 0 Å². The van der Waals surface area contributed by atoms with Crippen molar-refractivity contribution in [1.82, 2.24) is 20.1 Å². The number of aromatic nitrogens is 3. The second kappa shape index (κ2) is 6.70. The Bertz CT molecular complexity index is 418. The zero-order valence-corrected chi connectivity index (χ0v) is 12.8. The largest absolute Gasteiger partial charge is 0.314 e. The van der Waals surface area contributed by atoms with Crippen LogP contribution in [0.3, 0.4) is 0 Å². The molecule has 0 amide bonds. The summed E-state index contributed by atoms with van der Waals surface area (Å²) in [6.07, 6.45) is 10.7. The molecule has 112 valence electrons. The van der Waals surface area contributed by atoms with E-state index in [4.69, 9.17) is 0 Å². The molecular weight excluding hydrogens is 248 g/mol. The number of hydrogen-bond acceptors (Lipinski definition) is 3. The molecule has 1 fully saturated rings. The first-order valence-corrected chi connectivity index (χ1v) is 8.48. The maximum Gasteiger partial charge on any atom is 0.147 e. The van der Waals surface area contributed by atoms with Crippen LogP contribution in [-0.2, 0) is 19.5 Å². The Morgan fingerprint density at radius 2 is 1.90 bits per heavy atom. The second-order valence-corrected chi connectivity index (χ2v) is 6.57. The minimum atomic E-state index is 0.876. The van der Waals surface area contributed by atoms with Crippen molar-refractivity contribution in [2.24, 2.45) is 11.8 Å². The molecule has 1 saturated carbocycles. The molecule has 2 aliphatic rings. The Morgan fingerprint density at radius 3 is 2.70 bits per heavy atom. The number of hydrogen-bond donors (Lipinski definition) is 1. The van der Waals surface area contributed by atoms with Crippen LogP contribution >= 0.6 is 0 Å². The van der Waals surface area contributed by atoms with Gasteiger partial charge in [-0.3, -0.25) is 0 Å². The third-order valence-electron chi connectivity index (χ3n) is 5.20. The molecule has 0 spiro atoms. The molecule has 0 aromatic carbocycles. The van der Waals surface area contributed by atoms with E-state index in [0.29, 0.717) is 0 Å². The van der Waals surface area contributed by atoms with E-state index < -0.39 is 0 Å². The molecule has 0 saturated heterocycles. The quantitative estimate of drug-likeness (QED) is 0.899. The lowest BCUT2D eigenvalue weighted by atomic mass is 9.81. The van der Waals surface area contributed by atoms with Gasteiger partial charge >= 0.3 is 0 Å². The molecule has 1 aromatic heterocycles. The van der Waals surface area contributed by atoms with Crippen molar-refractivity contribution >= 4 is 0 Å².